The highest BCUT2D eigenvalue weighted by Gasteiger charge is 2.61. The van der Waals surface area contributed by atoms with E-state index in [0.717, 1.165) is 23.3 Å². The normalized spacial score (nSPS) is 26.6. The number of ether oxygens (including phenoxy) is 1. The Hall–Kier alpha value is -5.08. The van der Waals surface area contributed by atoms with Gasteiger partial charge in [-0.1, -0.05) is 120 Å². The summed E-state index contributed by atoms with van der Waals surface area (Å²) < 4.78 is 6.89. The molecule has 6 aromatic rings. The van der Waals surface area contributed by atoms with Crippen LogP contribution in [0.4, 0.5) is 17.1 Å². The van der Waals surface area contributed by atoms with E-state index in [9.17, 15) is 0 Å². The van der Waals surface area contributed by atoms with Gasteiger partial charge in [-0.2, -0.15) is 0 Å². The molecule has 0 atom stereocenters. The maximum Gasteiger partial charge on any atom is 0.131 e. The number of hydrogen-bond acceptors (Lipinski definition) is 2. The van der Waals surface area contributed by atoms with E-state index in [0.29, 0.717) is 11.8 Å². The second kappa shape index (κ2) is 12.2. The van der Waals surface area contributed by atoms with Crippen molar-refractivity contribution in [2.45, 2.75) is 108 Å². The van der Waals surface area contributed by atoms with Gasteiger partial charge < -0.3 is 9.64 Å². The van der Waals surface area contributed by atoms with Crippen LogP contribution < -0.4 is 9.64 Å². The summed E-state index contributed by atoms with van der Waals surface area (Å²) in [6.07, 6.45) is 9.25. The molecule has 1 spiro atoms. The second-order valence-electron chi connectivity index (χ2n) is 21.3. The molecule has 0 amide bonds. The smallest absolute Gasteiger partial charge is 0.131 e. The van der Waals surface area contributed by atoms with E-state index in [-0.39, 0.29) is 21.7 Å². The average Bonchev–Trinajstić information content (AvgIpc) is 3.46. The number of rotatable bonds is 4. The van der Waals surface area contributed by atoms with Gasteiger partial charge in [-0.3, -0.25) is 0 Å². The quantitative estimate of drug-likeness (QED) is 0.177. The highest BCUT2D eigenvalue weighted by molar-refractivity contribution is 5.86. The van der Waals surface area contributed by atoms with Crippen LogP contribution in [0.15, 0.2) is 127 Å². The number of fused-ring (bicyclic) bond motifs is 6. The zero-order valence-corrected chi connectivity index (χ0v) is 35.7. The van der Waals surface area contributed by atoms with Crippen LogP contribution in [0.2, 0.25) is 0 Å². The molecule has 1 aliphatic heterocycles. The summed E-state index contributed by atoms with van der Waals surface area (Å²) >= 11 is 0. The minimum absolute atomic E-state index is 0.0144. The third kappa shape index (κ3) is 5.04. The first-order valence-corrected chi connectivity index (χ1v) is 22.6. The fourth-order valence-corrected chi connectivity index (χ4v) is 13.9. The van der Waals surface area contributed by atoms with E-state index in [1.165, 1.54) is 118 Å². The highest BCUT2D eigenvalue weighted by Crippen LogP contribution is 2.69. The number of para-hydroxylation sites is 1. The molecule has 0 unspecified atom stereocenters. The number of nitrogens with zero attached hydrogens (tertiary/aromatic N) is 1. The standard InChI is InChI=1S/C57H57NO/c1-54(2)25-26-55(3,4)50-32-38(17-23-47(50)54)37-15-18-41(19-16-37)58(42-20-22-45-44-11-7-8-12-46(44)56(5,6)49(45)33-42)43-21-24-53-51(34-43)57(48-13-9-10-14-52(48)59-53)39-28-35-27-36(30-39)31-40(57)29-35/h7-24,32-36,39-40H,25-31H2,1-6H3. The van der Waals surface area contributed by atoms with Gasteiger partial charge in [0.05, 0.1) is 0 Å². The Bertz CT molecular complexity index is 2660. The molecule has 2 nitrogen and oxygen atoms in total. The van der Waals surface area contributed by atoms with Crippen molar-refractivity contribution in [3.63, 3.8) is 0 Å². The Morgan fingerprint density at radius 2 is 1.00 bits per heavy atom. The van der Waals surface area contributed by atoms with E-state index >= 15 is 0 Å². The molecule has 1 heterocycles. The lowest BCUT2D eigenvalue weighted by atomic mass is 9.42. The molecular formula is C57H57NO. The second-order valence-corrected chi connectivity index (χ2v) is 21.3. The van der Waals surface area contributed by atoms with Crippen LogP contribution in [-0.4, -0.2) is 0 Å². The molecule has 4 bridgehead atoms. The average molecular weight is 772 g/mol. The third-order valence-corrected chi connectivity index (χ3v) is 16.8. The first kappa shape index (κ1) is 35.8. The fraction of sp³-hybridized carbons (Fsp3) is 0.368. The largest absolute Gasteiger partial charge is 0.457 e. The Balaban J connectivity index is 1.02. The summed E-state index contributed by atoms with van der Waals surface area (Å²) in [6.45, 7) is 14.5. The maximum atomic E-state index is 6.89. The van der Waals surface area contributed by atoms with Crippen molar-refractivity contribution in [1.82, 2.24) is 0 Å². The fourth-order valence-electron chi connectivity index (χ4n) is 13.9. The lowest BCUT2D eigenvalue weighted by Crippen LogP contribution is -2.57. The van der Waals surface area contributed by atoms with E-state index in [2.05, 4.69) is 174 Å². The Labute approximate surface area is 351 Å². The summed E-state index contributed by atoms with van der Waals surface area (Å²) in [7, 11) is 0. The zero-order chi connectivity index (χ0) is 40.1. The van der Waals surface area contributed by atoms with Crippen molar-refractivity contribution in [3.05, 3.63) is 161 Å². The molecule has 4 fully saturated rings. The van der Waals surface area contributed by atoms with Crippen molar-refractivity contribution in [3.8, 4) is 33.8 Å². The van der Waals surface area contributed by atoms with Crippen molar-refractivity contribution in [2.75, 3.05) is 4.90 Å². The first-order valence-electron chi connectivity index (χ1n) is 22.6. The lowest BCUT2D eigenvalue weighted by Gasteiger charge is -2.63. The molecule has 6 aromatic carbocycles. The molecule has 296 valence electrons. The summed E-state index contributed by atoms with van der Waals surface area (Å²) in [5.74, 6) is 5.19. The predicted octanol–water partition coefficient (Wildman–Crippen LogP) is 15.3. The van der Waals surface area contributed by atoms with Gasteiger partial charge in [0.15, 0.2) is 0 Å². The predicted molar refractivity (Wildman–Crippen MR) is 244 cm³/mol. The molecular weight excluding hydrogens is 715 g/mol. The van der Waals surface area contributed by atoms with Gasteiger partial charge in [0.25, 0.3) is 0 Å². The first-order chi connectivity index (χ1) is 28.4. The molecule has 59 heavy (non-hydrogen) atoms. The minimum atomic E-state index is -0.0932. The Morgan fingerprint density at radius 3 is 1.73 bits per heavy atom. The van der Waals surface area contributed by atoms with Crippen LogP contribution in [0.25, 0.3) is 22.3 Å². The number of anilines is 3. The van der Waals surface area contributed by atoms with E-state index in [4.69, 9.17) is 4.74 Å². The van der Waals surface area contributed by atoms with Crippen molar-refractivity contribution < 1.29 is 4.74 Å². The molecule has 0 N–H and O–H groups in total. The van der Waals surface area contributed by atoms with Crippen LogP contribution >= 0.6 is 0 Å². The molecule has 4 saturated carbocycles. The summed E-state index contributed by atoms with van der Waals surface area (Å²) in [6, 6.07) is 49.2. The molecule has 6 aliphatic carbocycles. The van der Waals surface area contributed by atoms with Gasteiger partial charge in [0, 0.05) is 39.0 Å². The lowest BCUT2D eigenvalue weighted by molar-refractivity contribution is -0.0452. The monoisotopic (exact) mass is 771 g/mol. The third-order valence-electron chi connectivity index (χ3n) is 16.8. The summed E-state index contributed by atoms with van der Waals surface area (Å²) in [4.78, 5) is 2.53. The number of hydrogen-bond donors (Lipinski definition) is 0. The van der Waals surface area contributed by atoms with Gasteiger partial charge >= 0.3 is 0 Å². The molecule has 0 saturated heterocycles. The minimum Gasteiger partial charge on any atom is -0.457 e. The SMILES string of the molecule is CC1(C)CCC(C)(C)c2cc(-c3ccc(N(c4ccc5c(c4)C(C)(C)c4ccccc4-5)c4ccc5c(c4)C4(c6ccccc6O5)C5CC6CC(C5)CC4C6)cc3)ccc21. The Kier molecular flexibility index (Phi) is 7.44. The van der Waals surface area contributed by atoms with Gasteiger partial charge in [0.1, 0.15) is 11.5 Å². The maximum absolute atomic E-state index is 6.89. The topological polar surface area (TPSA) is 12.5 Å². The van der Waals surface area contributed by atoms with Gasteiger partial charge in [-0.15, -0.1) is 0 Å². The van der Waals surface area contributed by atoms with Gasteiger partial charge in [0.2, 0.25) is 0 Å². The molecule has 2 heteroatoms. The van der Waals surface area contributed by atoms with Crippen LogP contribution in [0, 0.1) is 23.7 Å². The summed E-state index contributed by atoms with van der Waals surface area (Å²) in [5, 5.41) is 0. The van der Waals surface area contributed by atoms with Crippen molar-refractivity contribution in [1.29, 1.82) is 0 Å². The van der Waals surface area contributed by atoms with Gasteiger partial charge in [-0.05, 0) is 172 Å². The van der Waals surface area contributed by atoms with E-state index < -0.39 is 0 Å². The number of benzene rings is 6. The van der Waals surface area contributed by atoms with E-state index in [1.807, 2.05) is 0 Å². The van der Waals surface area contributed by atoms with Crippen LogP contribution in [-0.2, 0) is 21.7 Å². The zero-order valence-electron chi connectivity index (χ0n) is 35.7. The van der Waals surface area contributed by atoms with Crippen molar-refractivity contribution in [2.24, 2.45) is 23.7 Å². The highest BCUT2D eigenvalue weighted by atomic mass is 16.5. The van der Waals surface area contributed by atoms with Gasteiger partial charge in [-0.25, -0.2) is 0 Å². The molecule has 13 rings (SSSR count). The van der Waals surface area contributed by atoms with Crippen LogP contribution in [0.5, 0.6) is 11.5 Å². The van der Waals surface area contributed by atoms with Crippen molar-refractivity contribution >= 4 is 17.1 Å². The van der Waals surface area contributed by atoms with E-state index in [1.54, 1.807) is 0 Å². The molecule has 0 aromatic heterocycles. The summed E-state index contributed by atoms with van der Waals surface area (Å²) in [5.41, 5.74) is 17.8. The Morgan fingerprint density at radius 1 is 0.441 bits per heavy atom. The van der Waals surface area contributed by atoms with Crippen LogP contribution in [0.3, 0.4) is 0 Å². The molecule has 7 aliphatic rings. The van der Waals surface area contributed by atoms with Crippen LogP contribution in [0.1, 0.15) is 120 Å². The molecule has 0 radical (unpaired) electrons.